The molecule has 11 heteroatoms. The summed E-state index contributed by atoms with van der Waals surface area (Å²) >= 11 is 6.10. The standard InChI is InChI=1S/C25H19ClF3NO5S/c1-15-7-10-19(16-5-3-2-4-6-16)24(23(15)35-25(27,28)29)36(33,34)30-14-17(8-12-22(31)32)20-13-18(26)9-11-21(20)30/h2-7,9-11,13-14H,8,12H2,1H3,(H,31,32). The quantitative estimate of drug-likeness (QED) is 0.294. The van der Waals surface area contributed by atoms with Gasteiger partial charge in [-0.05, 0) is 48.2 Å². The molecule has 0 aliphatic carbocycles. The Morgan fingerprint density at radius 2 is 1.78 bits per heavy atom. The van der Waals surface area contributed by atoms with Crippen molar-refractivity contribution in [2.45, 2.75) is 31.0 Å². The highest BCUT2D eigenvalue weighted by molar-refractivity contribution is 7.90. The van der Waals surface area contributed by atoms with E-state index in [0.29, 0.717) is 16.5 Å². The van der Waals surface area contributed by atoms with Gasteiger partial charge in [-0.2, -0.15) is 0 Å². The van der Waals surface area contributed by atoms with Gasteiger partial charge in [0.25, 0.3) is 10.0 Å². The third-order valence-corrected chi connectivity index (χ3v) is 7.53. The molecular formula is C25H19ClF3NO5S. The van der Waals surface area contributed by atoms with Crippen molar-refractivity contribution in [2.75, 3.05) is 0 Å². The highest BCUT2D eigenvalue weighted by Gasteiger charge is 2.37. The van der Waals surface area contributed by atoms with E-state index in [4.69, 9.17) is 16.7 Å². The lowest BCUT2D eigenvalue weighted by Gasteiger charge is -2.20. The molecule has 1 aromatic heterocycles. The molecule has 0 aliphatic heterocycles. The Morgan fingerprint density at radius 1 is 1.08 bits per heavy atom. The molecule has 1 heterocycles. The van der Waals surface area contributed by atoms with Crippen LogP contribution in [0.1, 0.15) is 17.5 Å². The molecule has 4 rings (SSSR count). The van der Waals surface area contributed by atoms with E-state index in [-0.39, 0.29) is 34.5 Å². The van der Waals surface area contributed by atoms with Crippen molar-refractivity contribution in [3.05, 3.63) is 83.0 Å². The third-order valence-electron chi connectivity index (χ3n) is 5.55. The smallest absolute Gasteiger partial charge is 0.481 e. The first-order valence-electron chi connectivity index (χ1n) is 10.6. The van der Waals surface area contributed by atoms with Crippen LogP contribution >= 0.6 is 11.6 Å². The van der Waals surface area contributed by atoms with Crippen molar-refractivity contribution in [3.63, 3.8) is 0 Å². The monoisotopic (exact) mass is 537 g/mol. The van der Waals surface area contributed by atoms with Crippen molar-refractivity contribution in [2.24, 2.45) is 0 Å². The van der Waals surface area contributed by atoms with Crippen molar-refractivity contribution in [1.29, 1.82) is 0 Å². The Bertz CT molecular complexity index is 1560. The number of carbonyl (C=O) groups is 1. The van der Waals surface area contributed by atoms with Gasteiger partial charge in [0, 0.05) is 28.6 Å². The van der Waals surface area contributed by atoms with Gasteiger partial charge in [0.2, 0.25) is 0 Å². The molecule has 0 unspecified atom stereocenters. The van der Waals surface area contributed by atoms with Crippen molar-refractivity contribution in [3.8, 4) is 16.9 Å². The number of aliphatic carboxylic acids is 1. The molecule has 0 spiro atoms. The second kappa shape index (κ2) is 9.51. The zero-order chi connectivity index (χ0) is 26.3. The van der Waals surface area contributed by atoms with E-state index in [1.165, 1.54) is 43.5 Å². The topological polar surface area (TPSA) is 85.6 Å². The predicted molar refractivity (Wildman–Crippen MR) is 129 cm³/mol. The Balaban J connectivity index is 2.05. The summed E-state index contributed by atoms with van der Waals surface area (Å²) in [5, 5.41) is 9.77. The molecule has 0 saturated heterocycles. The van der Waals surface area contributed by atoms with E-state index in [1.807, 2.05) is 0 Å². The molecule has 3 aromatic carbocycles. The molecule has 0 atom stereocenters. The third kappa shape index (κ3) is 5.05. The van der Waals surface area contributed by atoms with Gasteiger partial charge in [-0.25, -0.2) is 12.4 Å². The second-order valence-corrected chi connectivity index (χ2v) is 10.2. The normalized spacial score (nSPS) is 12.1. The number of ether oxygens (including phenoxy) is 1. The van der Waals surface area contributed by atoms with Crippen LogP contribution < -0.4 is 4.74 Å². The summed E-state index contributed by atoms with van der Waals surface area (Å²) in [6.45, 7) is 1.32. The average molecular weight is 538 g/mol. The number of rotatable bonds is 7. The number of alkyl halides is 3. The van der Waals surface area contributed by atoms with Crippen LogP contribution in [0.4, 0.5) is 13.2 Å². The molecule has 0 amide bonds. The molecule has 0 aliphatic rings. The van der Waals surface area contributed by atoms with Crippen LogP contribution in [0, 0.1) is 6.92 Å². The van der Waals surface area contributed by atoms with Crippen molar-refractivity contribution in [1.82, 2.24) is 3.97 Å². The minimum absolute atomic E-state index is 0.0139. The van der Waals surface area contributed by atoms with E-state index >= 15 is 0 Å². The van der Waals surface area contributed by atoms with E-state index in [0.717, 1.165) is 3.97 Å². The van der Waals surface area contributed by atoms with Crippen LogP contribution in [0.5, 0.6) is 5.75 Å². The van der Waals surface area contributed by atoms with Gasteiger partial charge < -0.3 is 9.84 Å². The highest BCUT2D eigenvalue weighted by Crippen LogP contribution is 2.42. The summed E-state index contributed by atoms with van der Waals surface area (Å²) in [4.78, 5) is 10.5. The number of aryl methyl sites for hydroxylation is 2. The summed E-state index contributed by atoms with van der Waals surface area (Å²) in [5.74, 6) is -1.93. The molecule has 1 N–H and O–H groups in total. The zero-order valence-electron chi connectivity index (χ0n) is 18.7. The summed E-state index contributed by atoms with van der Waals surface area (Å²) in [5.41, 5.74) is 0.859. The van der Waals surface area contributed by atoms with Crippen LogP contribution in [-0.4, -0.2) is 29.8 Å². The number of hydrogen-bond donors (Lipinski definition) is 1. The molecule has 0 bridgehead atoms. The molecule has 188 valence electrons. The minimum Gasteiger partial charge on any atom is -0.481 e. The molecule has 0 fully saturated rings. The summed E-state index contributed by atoms with van der Waals surface area (Å²) < 4.78 is 73.5. The maximum Gasteiger partial charge on any atom is 0.573 e. The Hall–Kier alpha value is -3.50. The first kappa shape index (κ1) is 25.6. The number of carboxylic acid groups (broad SMARTS) is 1. The lowest BCUT2D eigenvalue weighted by atomic mass is 10.0. The molecular weight excluding hydrogens is 519 g/mol. The van der Waals surface area contributed by atoms with Crippen molar-refractivity contribution < 1.29 is 36.2 Å². The van der Waals surface area contributed by atoms with Crippen LogP contribution in [0.3, 0.4) is 0 Å². The number of carboxylic acids is 1. The fourth-order valence-electron chi connectivity index (χ4n) is 3.98. The number of fused-ring (bicyclic) bond motifs is 1. The minimum atomic E-state index is -5.15. The van der Waals surface area contributed by atoms with Gasteiger partial charge in [-0.3, -0.25) is 4.79 Å². The van der Waals surface area contributed by atoms with Gasteiger partial charge in [0.05, 0.1) is 5.52 Å². The van der Waals surface area contributed by atoms with E-state index in [9.17, 15) is 26.4 Å². The largest absolute Gasteiger partial charge is 0.573 e. The predicted octanol–water partition coefficient (Wildman–Crippen LogP) is 6.42. The molecule has 4 aromatic rings. The number of nitrogens with zero attached hydrogens (tertiary/aromatic N) is 1. The van der Waals surface area contributed by atoms with Gasteiger partial charge in [0.15, 0.2) is 5.75 Å². The first-order valence-corrected chi connectivity index (χ1v) is 12.4. The molecule has 0 radical (unpaired) electrons. The number of halogens is 4. The Labute approximate surface area is 209 Å². The summed E-state index contributed by atoms with van der Waals surface area (Å²) in [6.07, 6.45) is -4.23. The fraction of sp³-hybridized carbons (Fsp3) is 0.160. The van der Waals surface area contributed by atoms with Gasteiger partial charge >= 0.3 is 12.3 Å². The second-order valence-electron chi connectivity index (χ2n) is 8.01. The molecule has 6 nitrogen and oxygen atoms in total. The van der Waals surface area contributed by atoms with Crippen molar-refractivity contribution >= 4 is 38.5 Å². The van der Waals surface area contributed by atoms with Crippen LogP contribution in [0.2, 0.25) is 5.02 Å². The first-order chi connectivity index (χ1) is 16.9. The fourth-order valence-corrected chi connectivity index (χ4v) is 5.93. The lowest BCUT2D eigenvalue weighted by molar-refractivity contribution is -0.275. The SMILES string of the molecule is Cc1ccc(-c2ccccc2)c(S(=O)(=O)n2cc(CCC(=O)O)c3cc(Cl)ccc32)c1OC(F)(F)F. The maximum absolute atomic E-state index is 14.1. The number of benzene rings is 3. The van der Waals surface area contributed by atoms with Crippen LogP contribution in [-0.2, 0) is 21.2 Å². The van der Waals surface area contributed by atoms with Crippen LogP contribution in [0.25, 0.3) is 22.0 Å². The van der Waals surface area contributed by atoms with Gasteiger partial charge in [0.1, 0.15) is 4.90 Å². The Kier molecular flexibility index (Phi) is 6.76. The highest BCUT2D eigenvalue weighted by atomic mass is 35.5. The van der Waals surface area contributed by atoms with E-state index in [2.05, 4.69) is 4.74 Å². The maximum atomic E-state index is 14.1. The zero-order valence-corrected chi connectivity index (χ0v) is 20.3. The summed E-state index contributed by atoms with van der Waals surface area (Å²) in [7, 11) is -4.70. The number of aromatic nitrogens is 1. The van der Waals surface area contributed by atoms with Gasteiger partial charge in [-0.15, -0.1) is 13.2 Å². The van der Waals surface area contributed by atoms with Gasteiger partial charge in [-0.1, -0.05) is 54.1 Å². The average Bonchev–Trinajstić information content (AvgIpc) is 3.17. The van der Waals surface area contributed by atoms with E-state index in [1.54, 1.807) is 30.3 Å². The lowest BCUT2D eigenvalue weighted by Crippen LogP contribution is -2.22. The van der Waals surface area contributed by atoms with Crippen LogP contribution in [0.15, 0.2) is 71.8 Å². The summed E-state index contributed by atoms with van der Waals surface area (Å²) in [6, 6.07) is 15.2. The number of hydrogen-bond acceptors (Lipinski definition) is 4. The molecule has 36 heavy (non-hydrogen) atoms. The molecule has 0 saturated carbocycles. The Morgan fingerprint density at radius 3 is 2.42 bits per heavy atom. The van der Waals surface area contributed by atoms with E-state index < -0.39 is 33.0 Å².